The Morgan fingerprint density at radius 3 is 2.27 bits per heavy atom. The van der Waals surface area contributed by atoms with E-state index in [2.05, 4.69) is 5.32 Å². The first-order chi connectivity index (χ1) is 15.8. The molecule has 3 aromatic rings. The molecule has 9 heteroatoms. The van der Waals surface area contributed by atoms with Gasteiger partial charge in [0.15, 0.2) is 0 Å². The van der Waals surface area contributed by atoms with Crippen LogP contribution in [0.4, 0.5) is 0 Å². The quantitative estimate of drug-likeness (QED) is 0.468. The fourth-order valence-corrected chi connectivity index (χ4v) is 4.97. The molecular weight excluding hydrogens is 464 g/mol. The van der Waals surface area contributed by atoms with E-state index in [0.717, 1.165) is 15.4 Å². The molecule has 0 spiro atoms. The molecule has 0 bridgehead atoms. The second-order valence-electron chi connectivity index (χ2n) is 7.18. The Hall–Kier alpha value is -3.07. The Morgan fingerprint density at radius 1 is 0.939 bits per heavy atom. The molecule has 0 unspecified atom stereocenters. The normalized spacial score (nSPS) is 11.3. The van der Waals surface area contributed by atoms with E-state index in [9.17, 15) is 13.2 Å². The number of hydrogen-bond acceptors (Lipinski definition) is 5. The van der Waals surface area contributed by atoms with E-state index in [4.69, 9.17) is 21.1 Å². The minimum Gasteiger partial charge on any atom is -0.497 e. The molecule has 0 aliphatic carbocycles. The summed E-state index contributed by atoms with van der Waals surface area (Å²) in [5.74, 6) is 0.420. The molecule has 0 atom stereocenters. The third-order valence-corrected chi connectivity index (χ3v) is 6.96. The standard InChI is InChI=1S/C24H25ClN2O5S/c1-31-21-11-8-18(9-12-21)15-26-24(28)17-27(16-19-6-4-3-5-7-19)33(29,30)23-14-20(25)10-13-22(23)32-2/h3-14H,15-17H2,1-2H3,(H,26,28). The first-order valence-corrected chi connectivity index (χ1v) is 11.9. The fraction of sp³-hybridized carbons (Fsp3) is 0.208. The Kier molecular flexibility index (Phi) is 8.32. The maximum absolute atomic E-state index is 13.5. The Balaban J connectivity index is 1.83. The van der Waals surface area contributed by atoms with Crippen LogP contribution in [0.5, 0.6) is 11.5 Å². The lowest BCUT2D eigenvalue weighted by Gasteiger charge is -2.23. The van der Waals surface area contributed by atoms with Crippen molar-refractivity contribution in [3.05, 3.63) is 88.9 Å². The van der Waals surface area contributed by atoms with Gasteiger partial charge in [-0.25, -0.2) is 8.42 Å². The van der Waals surface area contributed by atoms with Crippen molar-refractivity contribution in [3.8, 4) is 11.5 Å². The van der Waals surface area contributed by atoms with Crippen molar-refractivity contribution in [1.29, 1.82) is 0 Å². The molecule has 3 aromatic carbocycles. The Bertz CT molecular complexity index is 1190. The smallest absolute Gasteiger partial charge is 0.247 e. The van der Waals surface area contributed by atoms with Gasteiger partial charge in [-0.05, 0) is 41.5 Å². The molecule has 0 heterocycles. The van der Waals surface area contributed by atoms with Crippen molar-refractivity contribution in [2.45, 2.75) is 18.0 Å². The monoisotopic (exact) mass is 488 g/mol. The van der Waals surface area contributed by atoms with Crippen LogP contribution in [0, 0.1) is 0 Å². The van der Waals surface area contributed by atoms with Crippen LogP contribution in [-0.4, -0.2) is 39.4 Å². The Labute approximate surface area is 198 Å². The summed E-state index contributed by atoms with van der Waals surface area (Å²) in [6.07, 6.45) is 0. The van der Waals surface area contributed by atoms with Crippen LogP contribution in [-0.2, 0) is 27.9 Å². The third kappa shape index (κ3) is 6.47. The van der Waals surface area contributed by atoms with E-state index >= 15 is 0 Å². The minimum atomic E-state index is -4.11. The highest BCUT2D eigenvalue weighted by atomic mass is 35.5. The topological polar surface area (TPSA) is 84.9 Å². The predicted octanol–water partition coefficient (Wildman–Crippen LogP) is 3.86. The van der Waals surface area contributed by atoms with Crippen LogP contribution in [0.1, 0.15) is 11.1 Å². The van der Waals surface area contributed by atoms with Crippen LogP contribution in [0.25, 0.3) is 0 Å². The highest BCUT2D eigenvalue weighted by Crippen LogP contribution is 2.30. The summed E-state index contributed by atoms with van der Waals surface area (Å²) in [5.41, 5.74) is 1.60. The molecule has 0 aliphatic rings. The van der Waals surface area contributed by atoms with Gasteiger partial charge in [0.25, 0.3) is 0 Å². The average molecular weight is 489 g/mol. The minimum absolute atomic E-state index is 0.00873. The summed E-state index contributed by atoms with van der Waals surface area (Å²) in [7, 11) is -1.15. The number of methoxy groups -OCH3 is 2. The maximum atomic E-state index is 13.5. The molecule has 0 aromatic heterocycles. The lowest BCUT2D eigenvalue weighted by atomic mass is 10.2. The maximum Gasteiger partial charge on any atom is 0.247 e. The molecule has 0 fully saturated rings. The van der Waals surface area contributed by atoms with Gasteiger partial charge in [0.1, 0.15) is 16.4 Å². The zero-order chi connectivity index (χ0) is 23.8. The number of benzene rings is 3. The molecule has 33 heavy (non-hydrogen) atoms. The molecule has 174 valence electrons. The summed E-state index contributed by atoms with van der Waals surface area (Å²) in [6.45, 7) is -0.111. The highest BCUT2D eigenvalue weighted by molar-refractivity contribution is 7.89. The van der Waals surface area contributed by atoms with E-state index in [0.29, 0.717) is 5.75 Å². The molecule has 1 N–H and O–H groups in total. The van der Waals surface area contributed by atoms with Crippen molar-refractivity contribution < 1.29 is 22.7 Å². The molecule has 0 aliphatic heterocycles. The van der Waals surface area contributed by atoms with E-state index < -0.39 is 15.9 Å². The van der Waals surface area contributed by atoms with Crippen LogP contribution in [0.3, 0.4) is 0 Å². The summed E-state index contributed by atoms with van der Waals surface area (Å²) < 4.78 is 38.6. The van der Waals surface area contributed by atoms with Gasteiger partial charge < -0.3 is 14.8 Å². The molecule has 1 amide bonds. The average Bonchev–Trinajstić information content (AvgIpc) is 2.83. The van der Waals surface area contributed by atoms with Gasteiger partial charge in [-0.1, -0.05) is 54.1 Å². The lowest BCUT2D eigenvalue weighted by Crippen LogP contribution is -2.40. The molecular formula is C24H25ClN2O5S. The molecule has 0 radical (unpaired) electrons. The van der Waals surface area contributed by atoms with Gasteiger partial charge in [-0.3, -0.25) is 4.79 Å². The largest absolute Gasteiger partial charge is 0.497 e. The van der Waals surface area contributed by atoms with E-state index in [1.54, 1.807) is 37.4 Å². The van der Waals surface area contributed by atoms with Crippen molar-refractivity contribution in [2.24, 2.45) is 0 Å². The fourth-order valence-electron chi connectivity index (χ4n) is 3.16. The zero-order valence-corrected chi connectivity index (χ0v) is 19.9. The number of carbonyl (C=O) groups excluding carboxylic acids is 1. The van der Waals surface area contributed by atoms with E-state index in [1.165, 1.54) is 19.2 Å². The molecule has 7 nitrogen and oxygen atoms in total. The van der Waals surface area contributed by atoms with Crippen LogP contribution in [0.15, 0.2) is 77.7 Å². The number of amides is 1. The van der Waals surface area contributed by atoms with Crippen LogP contribution in [0.2, 0.25) is 5.02 Å². The Morgan fingerprint density at radius 2 is 1.64 bits per heavy atom. The van der Waals surface area contributed by atoms with Crippen molar-refractivity contribution in [2.75, 3.05) is 20.8 Å². The number of nitrogens with one attached hydrogen (secondary N) is 1. The summed E-state index contributed by atoms with van der Waals surface area (Å²) in [5, 5.41) is 3.02. The number of carbonyl (C=O) groups is 1. The zero-order valence-electron chi connectivity index (χ0n) is 18.3. The van der Waals surface area contributed by atoms with Crippen LogP contribution >= 0.6 is 11.6 Å². The lowest BCUT2D eigenvalue weighted by molar-refractivity contribution is -0.121. The second-order valence-corrected chi connectivity index (χ2v) is 9.52. The first-order valence-electron chi connectivity index (χ1n) is 10.1. The van der Waals surface area contributed by atoms with Gasteiger partial charge in [0.2, 0.25) is 15.9 Å². The van der Waals surface area contributed by atoms with E-state index in [-0.39, 0.29) is 35.3 Å². The first kappa shape index (κ1) is 24.6. The van der Waals surface area contributed by atoms with Gasteiger partial charge >= 0.3 is 0 Å². The predicted molar refractivity (Wildman–Crippen MR) is 127 cm³/mol. The summed E-state index contributed by atoms with van der Waals surface area (Å²) in [4.78, 5) is 12.6. The van der Waals surface area contributed by atoms with Gasteiger partial charge in [0, 0.05) is 18.1 Å². The summed E-state index contributed by atoms with van der Waals surface area (Å²) in [6, 6.07) is 20.6. The van der Waals surface area contributed by atoms with Crippen molar-refractivity contribution in [1.82, 2.24) is 9.62 Å². The second kappa shape index (κ2) is 11.2. The van der Waals surface area contributed by atoms with Crippen molar-refractivity contribution >= 4 is 27.5 Å². The third-order valence-electron chi connectivity index (χ3n) is 4.91. The SMILES string of the molecule is COc1ccc(CNC(=O)CN(Cc2ccccc2)S(=O)(=O)c2cc(Cl)ccc2OC)cc1. The number of sulfonamides is 1. The van der Waals surface area contributed by atoms with Crippen molar-refractivity contribution in [3.63, 3.8) is 0 Å². The number of rotatable bonds is 10. The number of ether oxygens (including phenoxy) is 2. The number of nitrogens with zero attached hydrogens (tertiary/aromatic N) is 1. The molecule has 0 saturated heterocycles. The summed E-state index contributed by atoms with van der Waals surface area (Å²) >= 11 is 6.06. The van der Waals surface area contributed by atoms with Gasteiger partial charge in [-0.15, -0.1) is 0 Å². The highest BCUT2D eigenvalue weighted by Gasteiger charge is 2.30. The number of halogens is 1. The molecule has 3 rings (SSSR count). The van der Waals surface area contributed by atoms with Crippen LogP contribution < -0.4 is 14.8 Å². The number of hydrogen-bond donors (Lipinski definition) is 1. The van der Waals surface area contributed by atoms with Gasteiger partial charge in [0.05, 0.1) is 20.8 Å². The van der Waals surface area contributed by atoms with E-state index in [1.807, 2.05) is 30.3 Å². The van der Waals surface area contributed by atoms with Gasteiger partial charge in [-0.2, -0.15) is 4.31 Å². The molecule has 0 saturated carbocycles.